The molecular formula is C26H27F2N9O2. The summed E-state index contributed by atoms with van der Waals surface area (Å²) in [6.07, 6.45) is 3.21. The highest BCUT2D eigenvalue weighted by atomic mass is 19.1. The molecule has 1 aliphatic heterocycles. The average Bonchev–Trinajstić information content (AvgIpc) is 3.65. The van der Waals surface area contributed by atoms with Crippen molar-refractivity contribution in [2.45, 2.75) is 37.8 Å². The molecule has 0 radical (unpaired) electrons. The monoisotopic (exact) mass is 535 g/mol. The number of nitrogens with one attached hydrogen (secondary N) is 3. The van der Waals surface area contributed by atoms with Crippen LogP contribution in [-0.2, 0) is 0 Å². The van der Waals surface area contributed by atoms with Crippen LogP contribution in [0.3, 0.4) is 0 Å². The summed E-state index contributed by atoms with van der Waals surface area (Å²) in [5.41, 5.74) is 1.55. The van der Waals surface area contributed by atoms with E-state index in [1.165, 1.54) is 37.1 Å². The van der Waals surface area contributed by atoms with Gasteiger partial charge in [-0.05, 0) is 38.1 Å². The number of anilines is 2. The van der Waals surface area contributed by atoms with Crippen LogP contribution >= 0.6 is 0 Å². The first-order valence-electron chi connectivity index (χ1n) is 12.3. The summed E-state index contributed by atoms with van der Waals surface area (Å²) < 4.78 is 31.7. The van der Waals surface area contributed by atoms with Crippen molar-refractivity contribution in [3.63, 3.8) is 0 Å². The van der Waals surface area contributed by atoms with Crippen LogP contribution in [0.2, 0.25) is 0 Å². The van der Waals surface area contributed by atoms with E-state index in [0.717, 1.165) is 0 Å². The van der Waals surface area contributed by atoms with Crippen LogP contribution in [-0.4, -0.2) is 73.0 Å². The molecule has 202 valence electrons. The van der Waals surface area contributed by atoms with Crippen LogP contribution in [0.1, 0.15) is 35.8 Å². The van der Waals surface area contributed by atoms with Gasteiger partial charge < -0.3 is 21.1 Å². The Balaban J connectivity index is 1.48. The molecule has 0 spiro atoms. The Hall–Kier alpha value is -4.41. The zero-order valence-electron chi connectivity index (χ0n) is 21.3. The minimum Gasteiger partial charge on any atom is -0.387 e. The summed E-state index contributed by atoms with van der Waals surface area (Å²) in [5.74, 6) is -0.600. The first-order valence-corrected chi connectivity index (χ1v) is 12.3. The van der Waals surface area contributed by atoms with Crippen LogP contribution in [0, 0.1) is 11.3 Å². The molecule has 0 aliphatic carbocycles. The van der Waals surface area contributed by atoms with Gasteiger partial charge in [-0.25, -0.2) is 13.3 Å². The number of carbonyl (C=O) groups is 1. The van der Waals surface area contributed by atoms with Gasteiger partial charge in [0.15, 0.2) is 0 Å². The molecule has 0 bridgehead atoms. The van der Waals surface area contributed by atoms with Gasteiger partial charge in [-0.1, -0.05) is 0 Å². The fourth-order valence-electron chi connectivity index (χ4n) is 4.29. The predicted octanol–water partition coefficient (Wildman–Crippen LogP) is 2.53. The molecule has 0 unspecified atom stereocenters. The molecular weight excluding hydrogens is 508 g/mol. The summed E-state index contributed by atoms with van der Waals surface area (Å²) in [7, 11) is 0. The normalized spacial score (nSPS) is 18.2. The lowest BCUT2D eigenvalue weighted by Gasteiger charge is -2.22. The van der Waals surface area contributed by atoms with Gasteiger partial charge in [0.1, 0.15) is 18.4 Å². The van der Waals surface area contributed by atoms with Crippen molar-refractivity contribution in [1.82, 2.24) is 35.0 Å². The van der Waals surface area contributed by atoms with Crippen LogP contribution in [0.4, 0.5) is 20.2 Å². The van der Waals surface area contributed by atoms with Gasteiger partial charge in [0.2, 0.25) is 0 Å². The van der Waals surface area contributed by atoms with E-state index in [0.29, 0.717) is 40.4 Å². The summed E-state index contributed by atoms with van der Waals surface area (Å²) >= 11 is 0. The van der Waals surface area contributed by atoms with Crippen molar-refractivity contribution in [2.75, 3.05) is 25.0 Å². The third kappa shape index (κ3) is 5.43. The van der Waals surface area contributed by atoms with Crippen LogP contribution in [0.15, 0.2) is 49.1 Å². The van der Waals surface area contributed by atoms with Gasteiger partial charge >= 0.3 is 0 Å². The van der Waals surface area contributed by atoms with Crippen molar-refractivity contribution in [3.05, 3.63) is 60.2 Å². The second kappa shape index (κ2) is 10.4. The number of hydrogen-bond acceptors (Lipinski definition) is 8. The third-order valence-corrected chi connectivity index (χ3v) is 6.58. The quantitative estimate of drug-likeness (QED) is 0.269. The number of aromatic nitrogens is 5. The van der Waals surface area contributed by atoms with Gasteiger partial charge in [0, 0.05) is 25.5 Å². The van der Waals surface area contributed by atoms with Crippen molar-refractivity contribution in [1.29, 1.82) is 5.26 Å². The first kappa shape index (κ1) is 26.2. The van der Waals surface area contributed by atoms with Gasteiger partial charge in [-0.2, -0.15) is 15.5 Å². The topological polar surface area (TPSA) is 145 Å². The highest BCUT2D eigenvalue weighted by molar-refractivity contribution is 6.00. The molecule has 11 nitrogen and oxygen atoms in total. The summed E-state index contributed by atoms with van der Waals surface area (Å²) in [6, 6.07) is 8.53. The molecule has 1 amide bonds. The number of halogens is 2. The van der Waals surface area contributed by atoms with E-state index < -0.39 is 36.4 Å². The summed E-state index contributed by atoms with van der Waals surface area (Å²) in [4.78, 5) is 17.5. The maximum atomic E-state index is 14.3. The highest BCUT2D eigenvalue weighted by Gasteiger charge is 2.29. The molecule has 5 rings (SSSR count). The van der Waals surface area contributed by atoms with E-state index in [1.54, 1.807) is 35.0 Å². The van der Waals surface area contributed by atoms with E-state index in [1.807, 2.05) is 0 Å². The second-order valence-electron chi connectivity index (χ2n) is 9.93. The molecule has 13 heteroatoms. The Kier molecular flexibility index (Phi) is 6.98. The van der Waals surface area contributed by atoms with Crippen molar-refractivity contribution < 1.29 is 18.7 Å². The Morgan fingerprint density at radius 1 is 1.28 bits per heavy atom. The third-order valence-electron chi connectivity index (χ3n) is 6.58. The number of alkyl halides is 2. The van der Waals surface area contributed by atoms with Crippen LogP contribution in [0.25, 0.3) is 16.9 Å². The van der Waals surface area contributed by atoms with Crippen molar-refractivity contribution >= 4 is 22.8 Å². The molecule has 39 heavy (non-hydrogen) atoms. The minimum absolute atomic E-state index is 0.126. The fourth-order valence-corrected chi connectivity index (χ4v) is 4.29. The van der Waals surface area contributed by atoms with Crippen molar-refractivity contribution in [2.24, 2.45) is 0 Å². The van der Waals surface area contributed by atoms with Crippen molar-refractivity contribution in [3.8, 4) is 17.5 Å². The Morgan fingerprint density at radius 3 is 2.82 bits per heavy atom. The maximum Gasteiger partial charge on any atom is 0.255 e. The first-order chi connectivity index (χ1) is 18.6. The zero-order valence-corrected chi connectivity index (χ0v) is 21.3. The van der Waals surface area contributed by atoms with Gasteiger partial charge in [0.25, 0.3) is 5.91 Å². The number of rotatable bonds is 8. The molecule has 4 aromatic heterocycles. The molecule has 5 heterocycles. The van der Waals surface area contributed by atoms with E-state index in [9.17, 15) is 18.7 Å². The van der Waals surface area contributed by atoms with Gasteiger partial charge in [0.05, 0.1) is 70.0 Å². The highest BCUT2D eigenvalue weighted by Crippen LogP contribution is 2.28. The van der Waals surface area contributed by atoms with E-state index >= 15 is 0 Å². The zero-order chi connectivity index (χ0) is 27.7. The second-order valence-corrected chi connectivity index (χ2v) is 9.93. The standard InChI is InChI=1S/C26H27F2N9O2/c1-26(2,39)24(28)13-32-25(38)18-10-31-21(22-4-3-17-5-15(7-29)8-34-37(17)22)6-20(18)35-16-9-33-36(14-16)23-12-30-11-19(23)27/h3-6,8-10,14,19,23-24,30,39H,11-13H2,1-2H3,(H,31,35)(H,32,38)/t19-,23+,24+/m0/s1. The predicted molar refractivity (Wildman–Crippen MR) is 139 cm³/mol. The van der Waals surface area contributed by atoms with Crippen LogP contribution < -0.4 is 16.0 Å². The number of aliphatic hydroxyl groups is 1. The van der Waals surface area contributed by atoms with Gasteiger partial charge in [-0.15, -0.1) is 0 Å². The molecule has 0 saturated carbocycles. The Bertz CT molecular complexity index is 1550. The molecule has 3 atom stereocenters. The smallest absolute Gasteiger partial charge is 0.255 e. The molecule has 1 fully saturated rings. The van der Waals surface area contributed by atoms with Crippen LogP contribution in [0.5, 0.6) is 0 Å². The molecule has 1 saturated heterocycles. The number of nitrogens with zero attached hydrogens (tertiary/aromatic N) is 6. The van der Waals surface area contributed by atoms with E-state index in [-0.39, 0.29) is 12.1 Å². The summed E-state index contributed by atoms with van der Waals surface area (Å²) in [5, 5.41) is 36.3. The largest absolute Gasteiger partial charge is 0.387 e. The number of carbonyl (C=O) groups excluding carboxylic acids is 1. The number of fused-ring (bicyclic) bond motifs is 1. The molecule has 0 aromatic carbocycles. The minimum atomic E-state index is -1.69. The number of nitriles is 1. The van der Waals surface area contributed by atoms with E-state index in [4.69, 9.17) is 5.26 Å². The maximum absolute atomic E-state index is 14.3. The lowest BCUT2D eigenvalue weighted by Crippen LogP contribution is -2.42. The lowest BCUT2D eigenvalue weighted by atomic mass is 10.0. The number of pyridine rings is 1. The lowest BCUT2D eigenvalue weighted by molar-refractivity contribution is -0.00177. The SMILES string of the molecule is CC(C)(O)[C@H](F)CNC(=O)c1cnc(-c2ccc3cc(C#N)cnn23)cc1Nc1cnn([C@@H]2CNC[C@@H]2F)c1. The Labute approximate surface area is 222 Å². The Morgan fingerprint density at radius 2 is 2.10 bits per heavy atom. The summed E-state index contributed by atoms with van der Waals surface area (Å²) in [6.45, 7) is 2.94. The molecule has 1 aliphatic rings. The fraction of sp³-hybridized carbons (Fsp3) is 0.346. The number of hydrogen-bond donors (Lipinski definition) is 4. The van der Waals surface area contributed by atoms with E-state index in [2.05, 4.69) is 37.2 Å². The van der Waals surface area contributed by atoms with Gasteiger partial charge in [-0.3, -0.25) is 14.5 Å². The molecule has 4 aromatic rings. The number of amides is 1. The molecule has 4 N–H and O–H groups in total. The average molecular weight is 536 g/mol.